The van der Waals surface area contributed by atoms with Crippen molar-refractivity contribution in [3.63, 3.8) is 0 Å². The van der Waals surface area contributed by atoms with E-state index in [-0.39, 0.29) is 6.10 Å². The Morgan fingerprint density at radius 2 is 2.26 bits per heavy atom. The summed E-state index contributed by atoms with van der Waals surface area (Å²) in [6.45, 7) is 1.38. The number of fused-ring (bicyclic) bond motifs is 1. The molecular formula is C14H17N3O2. The summed E-state index contributed by atoms with van der Waals surface area (Å²) in [5.41, 5.74) is 0.879. The number of nitrogens with zero attached hydrogens (tertiary/aromatic N) is 2. The fourth-order valence-electron chi connectivity index (χ4n) is 2.22. The number of hydrogen-bond donors (Lipinski definition) is 1. The average Bonchev–Trinajstić information content (AvgIpc) is 2.97. The summed E-state index contributed by atoms with van der Waals surface area (Å²) in [6, 6.07) is 7.85. The number of rotatable bonds is 4. The zero-order valence-electron chi connectivity index (χ0n) is 10.9. The van der Waals surface area contributed by atoms with E-state index in [1.165, 1.54) is 0 Å². The number of benzene rings is 1. The first-order valence-corrected chi connectivity index (χ1v) is 6.56. The van der Waals surface area contributed by atoms with Crippen LogP contribution < -0.4 is 10.1 Å². The Kier molecular flexibility index (Phi) is 3.46. The summed E-state index contributed by atoms with van der Waals surface area (Å²) in [4.78, 5) is 8.78. The topological polar surface area (TPSA) is 56.3 Å². The maximum atomic E-state index is 5.83. The summed E-state index contributed by atoms with van der Waals surface area (Å²) in [5, 5.41) is 3.88. The van der Waals surface area contributed by atoms with E-state index in [0.29, 0.717) is 18.4 Å². The second-order valence-electron chi connectivity index (χ2n) is 4.57. The molecule has 0 spiro atoms. The minimum atomic E-state index is 0.187. The summed E-state index contributed by atoms with van der Waals surface area (Å²) < 4.78 is 11.4. The largest absolute Gasteiger partial charge is 0.474 e. The molecule has 1 fully saturated rings. The molecule has 1 aliphatic heterocycles. The number of nitrogens with one attached hydrogen (secondary N) is 1. The molecule has 1 unspecified atom stereocenters. The van der Waals surface area contributed by atoms with Crippen LogP contribution in [0.5, 0.6) is 5.88 Å². The zero-order valence-corrected chi connectivity index (χ0v) is 10.9. The molecule has 5 heteroatoms. The zero-order chi connectivity index (χ0) is 13.1. The SMILES string of the molecule is CNc1nc(OCC2CCCO2)c2ccccc2n1. The first-order chi connectivity index (χ1) is 9.36. The van der Waals surface area contributed by atoms with E-state index in [4.69, 9.17) is 9.47 Å². The highest BCUT2D eigenvalue weighted by atomic mass is 16.5. The van der Waals surface area contributed by atoms with Gasteiger partial charge in [-0.2, -0.15) is 4.98 Å². The van der Waals surface area contributed by atoms with E-state index in [1.807, 2.05) is 24.3 Å². The average molecular weight is 259 g/mol. The Balaban J connectivity index is 1.87. The molecule has 3 rings (SSSR count). The van der Waals surface area contributed by atoms with E-state index < -0.39 is 0 Å². The highest BCUT2D eigenvalue weighted by Gasteiger charge is 2.17. The van der Waals surface area contributed by atoms with E-state index in [1.54, 1.807) is 7.05 Å². The number of ether oxygens (including phenoxy) is 2. The molecule has 1 saturated heterocycles. The molecule has 0 aliphatic carbocycles. The van der Waals surface area contributed by atoms with Gasteiger partial charge >= 0.3 is 0 Å². The van der Waals surface area contributed by atoms with Gasteiger partial charge in [-0.15, -0.1) is 0 Å². The van der Waals surface area contributed by atoms with Gasteiger partial charge in [0.2, 0.25) is 11.8 Å². The Morgan fingerprint density at radius 1 is 1.37 bits per heavy atom. The maximum absolute atomic E-state index is 5.83. The van der Waals surface area contributed by atoms with Crippen molar-refractivity contribution in [3.05, 3.63) is 24.3 Å². The van der Waals surface area contributed by atoms with Crippen molar-refractivity contribution in [2.24, 2.45) is 0 Å². The van der Waals surface area contributed by atoms with Crippen LogP contribution in [0.3, 0.4) is 0 Å². The van der Waals surface area contributed by atoms with Gasteiger partial charge in [-0.05, 0) is 25.0 Å². The van der Waals surface area contributed by atoms with Crippen molar-refractivity contribution in [1.82, 2.24) is 9.97 Å². The van der Waals surface area contributed by atoms with Crippen molar-refractivity contribution in [1.29, 1.82) is 0 Å². The summed E-state index contributed by atoms with van der Waals surface area (Å²) >= 11 is 0. The first-order valence-electron chi connectivity index (χ1n) is 6.56. The Hall–Kier alpha value is -1.88. The fourth-order valence-corrected chi connectivity index (χ4v) is 2.22. The minimum absolute atomic E-state index is 0.187. The van der Waals surface area contributed by atoms with Crippen LogP contribution in [0.1, 0.15) is 12.8 Å². The van der Waals surface area contributed by atoms with Gasteiger partial charge in [-0.25, -0.2) is 4.98 Å². The predicted octanol–water partition coefficient (Wildman–Crippen LogP) is 2.23. The lowest BCUT2D eigenvalue weighted by Gasteiger charge is -2.13. The second-order valence-corrected chi connectivity index (χ2v) is 4.57. The summed E-state index contributed by atoms with van der Waals surface area (Å²) in [7, 11) is 1.80. The lowest BCUT2D eigenvalue weighted by Crippen LogP contribution is -2.17. The lowest BCUT2D eigenvalue weighted by atomic mass is 10.2. The van der Waals surface area contributed by atoms with Crippen LogP contribution in [0, 0.1) is 0 Å². The standard InChI is InChI=1S/C14H17N3O2/c1-15-14-16-12-7-3-2-6-11(12)13(17-14)19-9-10-5-4-8-18-10/h2-3,6-7,10H,4-5,8-9H2,1H3,(H,15,16,17). The van der Waals surface area contributed by atoms with Gasteiger partial charge in [0.1, 0.15) is 6.61 Å². The van der Waals surface area contributed by atoms with Crippen molar-refractivity contribution in [2.45, 2.75) is 18.9 Å². The number of aromatic nitrogens is 2. The van der Waals surface area contributed by atoms with Crippen LogP contribution >= 0.6 is 0 Å². The summed E-state index contributed by atoms with van der Waals surface area (Å²) in [6.07, 6.45) is 2.36. The third-order valence-electron chi connectivity index (χ3n) is 3.22. The predicted molar refractivity (Wildman–Crippen MR) is 73.6 cm³/mol. The van der Waals surface area contributed by atoms with Crippen LogP contribution in [0.15, 0.2) is 24.3 Å². The number of hydrogen-bond acceptors (Lipinski definition) is 5. The van der Waals surface area contributed by atoms with E-state index in [2.05, 4.69) is 15.3 Å². The number of anilines is 1. The molecule has 100 valence electrons. The Labute approximate surface area is 112 Å². The van der Waals surface area contributed by atoms with Crippen LogP contribution in [0.25, 0.3) is 10.9 Å². The fraction of sp³-hybridized carbons (Fsp3) is 0.429. The quantitative estimate of drug-likeness (QED) is 0.912. The molecule has 1 atom stereocenters. The van der Waals surface area contributed by atoms with Gasteiger partial charge < -0.3 is 14.8 Å². The smallest absolute Gasteiger partial charge is 0.226 e. The van der Waals surface area contributed by atoms with Gasteiger partial charge in [0.05, 0.1) is 17.0 Å². The van der Waals surface area contributed by atoms with E-state index >= 15 is 0 Å². The third kappa shape index (κ3) is 2.61. The van der Waals surface area contributed by atoms with Crippen LogP contribution in [0.4, 0.5) is 5.95 Å². The Morgan fingerprint density at radius 3 is 3.05 bits per heavy atom. The normalized spacial score (nSPS) is 18.7. The molecule has 2 heterocycles. The van der Waals surface area contributed by atoms with Crippen LogP contribution in [-0.4, -0.2) is 36.3 Å². The molecule has 19 heavy (non-hydrogen) atoms. The molecule has 5 nitrogen and oxygen atoms in total. The van der Waals surface area contributed by atoms with E-state index in [0.717, 1.165) is 30.4 Å². The second kappa shape index (κ2) is 5.40. The minimum Gasteiger partial charge on any atom is -0.474 e. The highest BCUT2D eigenvalue weighted by molar-refractivity contribution is 5.84. The van der Waals surface area contributed by atoms with Gasteiger partial charge in [0.15, 0.2) is 0 Å². The van der Waals surface area contributed by atoms with Crippen molar-refractivity contribution >= 4 is 16.9 Å². The summed E-state index contributed by atoms with van der Waals surface area (Å²) in [5.74, 6) is 1.19. The molecule has 0 radical (unpaired) electrons. The van der Waals surface area contributed by atoms with Gasteiger partial charge in [0.25, 0.3) is 0 Å². The molecule has 1 aliphatic rings. The molecular weight excluding hydrogens is 242 g/mol. The van der Waals surface area contributed by atoms with Crippen LogP contribution in [0.2, 0.25) is 0 Å². The van der Waals surface area contributed by atoms with E-state index in [9.17, 15) is 0 Å². The monoisotopic (exact) mass is 259 g/mol. The molecule has 0 bridgehead atoms. The van der Waals surface area contributed by atoms with Crippen molar-refractivity contribution < 1.29 is 9.47 Å². The highest BCUT2D eigenvalue weighted by Crippen LogP contribution is 2.24. The van der Waals surface area contributed by atoms with Crippen LogP contribution in [-0.2, 0) is 4.74 Å². The molecule has 2 aromatic rings. The first kappa shape index (κ1) is 12.2. The molecule has 1 aromatic carbocycles. The molecule has 1 aromatic heterocycles. The number of para-hydroxylation sites is 1. The molecule has 0 amide bonds. The molecule has 1 N–H and O–H groups in total. The third-order valence-corrected chi connectivity index (χ3v) is 3.22. The maximum Gasteiger partial charge on any atom is 0.226 e. The van der Waals surface area contributed by atoms with Crippen molar-refractivity contribution in [3.8, 4) is 5.88 Å². The van der Waals surface area contributed by atoms with Crippen molar-refractivity contribution in [2.75, 3.05) is 25.6 Å². The Bertz CT molecular complexity index is 568. The lowest BCUT2D eigenvalue weighted by molar-refractivity contribution is 0.0669. The molecule has 0 saturated carbocycles. The van der Waals surface area contributed by atoms with Gasteiger partial charge in [-0.3, -0.25) is 0 Å². The van der Waals surface area contributed by atoms with Gasteiger partial charge in [0, 0.05) is 13.7 Å². The van der Waals surface area contributed by atoms with Gasteiger partial charge in [-0.1, -0.05) is 12.1 Å².